The van der Waals surface area contributed by atoms with E-state index in [-0.39, 0.29) is 0 Å². The van der Waals surface area contributed by atoms with Gasteiger partial charge >= 0.3 is 0 Å². The van der Waals surface area contributed by atoms with Crippen LogP contribution in [-0.4, -0.2) is 32.0 Å². The molecule has 1 aliphatic rings. The van der Waals surface area contributed by atoms with Crippen LogP contribution in [0.5, 0.6) is 0 Å². The maximum absolute atomic E-state index is 5.62. The number of hydrogen-bond donors (Lipinski definition) is 1. The Morgan fingerprint density at radius 1 is 1.33 bits per heavy atom. The molecule has 3 heteroatoms. The molecular formula is C9H19NO2. The minimum absolute atomic E-state index is 0.391. The summed E-state index contributed by atoms with van der Waals surface area (Å²) in [6.07, 6.45) is 3.50. The van der Waals surface area contributed by atoms with Crippen LogP contribution in [-0.2, 0) is 9.47 Å². The molecule has 1 rings (SSSR count). The zero-order valence-corrected chi connectivity index (χ0v) is 7.79. The second-order valence-corrected chi connectivity index (χ2v) is 3.27. The second kappa shape index (κ2) is 5.51. The van der Waals surface area contributed by atoms with Crippen LogP contribution in [0.3, 0.4) is 0 Å². The Hall–Kier alpha value is -0.120. The molecule has 0 spiro atoms. The van der Waals surface area contributed by atoms with Crippen molar-refractivity contribution in [1.82, 2.24) is 0 Å². The van der Waals surface area contributed by atoms with E-state index >= 15 is 0 Å². The van der Waals surface area contributed by atoms with E-state index in [9.17, 15) is 0 Å². The first kappa shape index (κ1) is 9.96. The maximum Gasteiger partial charge on any atom is 0.0604 e. The van der Waals surface area contributed by atoms with Crippen molar-refractivity contribution in [2.24, 2.45) is 5.73 Å². The van der Waals surface area contributed by atoms with Crippen molar-refractivity contribution in [3.8, 4) is 0 Å². The summed E-state index contributed by atoms with van der Waals surface area (Å²) in [5.74, 6) is 0. The van der Waals surface area contributed by atoms with Gasteiger partial charge in [-0.25, -0.2) is 0 Å². The molecule has 0 aliphatic heterocycles. The highest BCUT2D eigenvalue weighted by atomic mass is 16.5. The molecule has 0 aromatic rings. The molecule has 1 saturated carbocycles. The van der Waals surface area contributed by atoms with Gasteiger partial charge in [0, 0.05) is 25.9 Å². The molecule has 1 aliphatic carbocycles. The van der Waals surface area contributed by atoms with Crippen LogP contribution in [0.25, 0.3) is 0 Å². The molecule has 12 heavy (non-hydrogen) atoms. The van der Waals surface area contributed by atoms with E-state index in [2.05, 4.69) is 0 Å². The standard InChI is InChI=1S/C9H19NO2/c1-2-11-4-3-5-12-9-6-8(10)7-9/h8-9H,2-7,10H2,1H3. The van der Waals surface area contributed by atoms with Gasteiger partial charge < -0.3 is 15.2 Å². The van der Waals surface area contributed by atoms with Crippen molar-refractivity contribution in [2.75, 3.05) is 19.8 Å². The Morgan fingerprint density at radius 2 is 2.08 bits per heavy atom. The Bertz CT molecular complexity index is 113. The van der Waals surface area contributed by atoms with E-state index in [1.165, 1.54) is 0 Å². The molecule has 3 nitrogen and oxygen atoms in total. The van der Waals surface area contributed by atoms with Crippen LogP contribution < -0.4 is 5.73 Å². The van der Waals surface area contributed by atoms with Crippen LogP contribution in [0.15, 0.2) is 0 Å². The third-order valence-corrected chi connectivity index (χ3v) is 2.12. The van der Waals surface area contributed by atoms with Crippen molar-refractivity contribution >= 4 is 0 Å². The molecule has 0 heterocycles. The summed E-state index contributed by atoms with van der Waals surface area (Å²) in [4.78, 5) is 0. The Kier molecular flexibility index (Phi) is 4.58. The molecular weight excluding hydrogens is 154 g/mol. The number of ether oxygens (including phenoxy) is 2. The van der Waals surface area contributed by atoms with Crippen LogP contribution in [0.2, 0.25) is 0 Å². The topological polar surface area (TPSA) is 44.5 Å². The quantitative estimate of drug-likeness (QED) is 0.607. The zero-order valence-electron chi connectivity index (χ0n) is 7.79. The van der Waals surface area contributed by atoms with Crippen molar-refractivity contribution in [3.05, 3.63) is 0 Å². The van der Waals surface area contributed by atoms with Gasteiger partial charge in [0.2, 0.25) is 0 Å². The fourth-order valence-corrected chi connectivity index (χ4v) is 1.30. The third kappa shape index (κ3) is 3.52. The Balaban J connectivity index is 1.77. The van der Waals surface area contributed by atoms with Gasteiger partial charge in [-0.2, -0.15) is 0 Å². The Morgan fingerprint density at radius 3 is 2.67 bits per heavy atom. The summed E-state index contributed by atoms with van der Waals surface area (Å²) in [5, 5.41) is 0. The predicted octanol–water partition coefficient (Wildman–Crippen LogP) is 0.919. The maximum atomic E-state index is 5.62. The SMILES string of the molecule is CCOCCCOC1CC(N)C1. The van der Waals surface area contributed by atoms with E-state index in [0.29, 0.717) is 12.1 Å². The van der Waals surface area contributed by atoms with Gasteiger partial charge in [-0.15, -0.1) is 0 Å². The summed E-state index contributed by atoms with van der Waals surface area (Å²) < 4.78 is 10.7. The lowest BCUT2D eigenvalue weighted by Crippen LogP contribution is -2.41. The minimum atomic E-state index is 0.391. The monoisotopic (exact) mass is 173 g/mol. The van der Waals surface area contributed by atoms with Crippen LogP contribution in [0.1, 0.15) is 26.2 Å². The van der Waals surface area contributed by atoms with Crippen LogP contribution in [0.4, 0.5) is 0 Å². The summed E-state index contributed by atoms with van der Waals surface area (Å²) in [6.45, 7) is 4.44. The first-order valence-corrected chi connectivity index (χ1v) is 4.78. The molecule has 0 saturated heterocycles. The van der Waals surface area contributed by atoms with E-state index < -0.39 is 0 Å². The molecule has 72 valence electrons. The smallest absolute Gasteiger partial charge is 0.0604 e. The highest BCUT2D eigenvalue weighted by Crippen LogP contribution is 2.20. The molecule has 0 radical (unpaired) electrons. The van der Waals surface area contributed by atoms with Crippen molar-refractivity contribution in [1.29, 1.82) is 0 Å². The molecule has 0 bridgehead atoms. The second-order valence-electron chi connectivity index (χ2n) is 3.27. The van der Waals surface area contributed by atoms with E-state index in [4.69, 9.17) is 15.2 Å². The van der Waals surface area contributed by atoms with Gasteiger partial charge in [-0.3, -0.25) is 0 Å². The summed E-state index contributed by atoms with van der Waals surface area (Å²) in [7, 11) is 0. The van der Waals surface area contributed by atoms with Gasteiger partial charge in [-0.05, 0) is 26.2 Å². The third-order valence-electron chi connectivity index (χ3n) is 2.12. The molecule has 0 atom stereocenters. The first-order chi connectivity index (χ1) is 5.83. The molecule has 2 N–H and O–H groups in total. The summed E-state index contributed by atoms with van der Waals surface area (Å²) >= 11 is 0. The van der Waals surface area contributed by atoms with Crippen LogP contribution >= 0.6 is 0 Å². The highest BCUT2D eigenvalue weighted by molar-refractivity contribution is 4.82. The van der Waals surface area contributed by atoms with Gasteiger partial charge in [0.05, 0.1) is 6.10 Å². The Labute approximate surface area is 74.2 Å². The van der Waals surface area contributed by atoms with Gasteiger partial charge in [0.1, 0.15) is 0 Å². The number of nitrogens with two attached hydrogens (primary N) is 1. The lowest BCUT2D eigenvalue weighted by molar-refractivity contribution is -0.0170. The van der Waals surface area contributed by atoms with Crippen molar-refractivity contribution < 1.29 is 9.47 Å². The average Bonchev–Trinajstić information content (AvgIpc) is 2.00. The molecule has 0 amide bonds. The predicted molar refractivity (Wildman–Crippen MR) is 48.1 cm³/mol. The number of rotatable bonds is 6. The van der Waals surface area contributed by atoms with Gasteiger partial charge in [0.25, 0.3) is 0 Å². The van der Waals surface area contributed by atoms with E-state index in [1.807, 2.05) is 6.92 Å². The molecule has 0 aromatic heterocycles. The van der Waals surface area contributed by atoms with Gasteiger partial charge in [0.15, 0.2) is 0 Å². The summed E-state index contributed by atoms with van der Waals surface area (Å²) in [5.41, 5.74) is 5.62. The molecule has 1 fully saturated rings. The van der Waals surface area contributed by atoms with Crippen LogP contribution in [0, 0.1) is 0 Å². The number of hydrogen-bond acceptors (Lipinski definition) is 3. The lowest BCUT2D eigenvalue weighted by Gasteiger charge is -2.32. The highest BCUT2D eigenvalue weighted by Gasteiger charge is 2.25. The van der Waals surface area contributed by atoms with E-state index in [0.717, 1.165) is 39.1 Å². The van der Waals surface area contributed by atoms with Gasteiger partial charge in [-0.1, -0.05) is 0 Å². The fraction of sp³-hybridized carbons (Fsp3) is 1.00. The van der Waals surface area contributed by atoms with E-state index in [1.54, 1.807) is 0 Å². The molecule has 0 aromatic carbocycles. The average molecular weight is 173 g/mol. The summed E-state index contributed by atoms with van der Waals surface area (Å²) in [6, 6.07) is 0.391. The van der Waals surface area contributed by atoms with Crippen molar-refractivity contribution in [3.63, 3.8) is 0 Å². The minimum Gasteiger partial charge on any atom is -0.382 e. The lowest BCUT2D eigenvalue weighted by atomic mass is 9.90. The molecule has 0 unspecified atom stereocenters. The largest absolute Gasteiger partial charge is 0.382 e. The van der Waals surface area contributed by atoms with Crippen molar-refractivity contribution in [2.45, 2.75) is 38.3 Å². The first-order valence-electron chi connectivity index (χ1n) is 4.78. The fourth-order valence-electron chi connectivity index (χ4n) is 1.30. The normalized spacial score (nSPS) is 28.5. The zero-order chi connectivity index (χ0) is 8.81.